The van der Waals surface area contributed by atoms with Crippen LogP contribution in [0.4, 0.5) is 0 Å². The van der Waals surface area contributed by atoms with Gasteiger partial charge >= 0.3 is 0 Å². The van der Waals surface area contributed by atoms with Crippen LogP contribution in [-0.2, 0) is 19.4 Å². The van der Waals surface area contributed by atoms with E-state index in [-0.39, 0.29) is 6.61 Å². The van der Waals surface area contributed by atoms with Crippen LogP contribution in [0.2, 0.25) is 0 Å². The first-order chi connectivity index (χ1) is 9.78. The molecular weight excluding hydrogens is 296 g/mol. The maximum Gasteiger partial charge on any atom is 0.191 e. The third-order valence-corrected chi connectivity index (χ3v) is 4.68. The van der Waals surface area contributed by atoms with Crippen LogP contribution in [0.5, 0.6) is 0 Å². The van der Waals surface area contributed by atoms with Gasteiger partial charge in [-0.15, -0.1) is 21.5 Å². The average Bonchev–Trinajstić information content (AvgIpc) is 3.17. The van der Waals surface area contributed by atoms with Crippen LogP contribution < -0.4 is 0 Å². The van der Waals surface area contributed by atoms with Crippen molar-refractivity contribution in [3.63, 3.8) is 0 Å². The maximum atomic E-state index is 9.07. The molecule has 1 N–H and O–H groups in total. The lowest BCUT2D eigenvalue weighted by Gasteiger charge is -1.99. The van der Waals surface area contributed by atoms with Crippen molar-refractivity contribution in [1.82, 2.24) is 19.9 Å². The van der Waals surface area contributed by atoms with E-state index in [1.165, 1.54) is 11.8 Å². The highest BCUT2D eigenvalue weighted by atomic mass is 32.2. The monoisotopic (exact) mass is 308 g/mol. The fourth-order valence-corrected chi connectivity index (χ4v) is 3.15. The smallest absolute Gasteiger partial charge is 0.191 e. The van der Waals surface area contributed by atoms with Crippen LogP contribution in [0.15, 0.2) is 33.3 Å². The topological polar surface area (TPSA) is 77.0 Å². The second-order valence-electron chi connectivity index (χ2n) is 4.06. The first-order valence-corrected chi connectivity index (χ1v) is 7.76. The molecule has 8 heteroatoms. The number of aromatic nitrogens is 4. The van der Waals surface area contributed by atoms with Gasteiger partial charge in [0.05, 0.1) is 10.6 Å². The summed E-state index contributed by atoms with van der Waals surface area (Å²) in [5.74, 6) is 1.98. The van der Waals surface area contributed by atoms with E-state index in [9.17, 15) is 0 Å². The molecule has 6 nitrogen and oxygen atoms in total. The fourth-order valence-electron chi connectivity index (χ4n) is 1.66. The van der Waals surface area contributed by atoms with Gasteiger partial charge in [-0.25, -0.2) is 0 Å². The SMILES string of the molecule is Cn1c(CO)nnc1SCc1cc(-c2cccs2)on1. The number of hydrogen-bond donors (Lipinski definition) is 1. The molecule has 104 valence electrons. The van der Waals surface area contributed by atoms with Gasteiger partial charge in [-0.05, 0) is 11.4 Å². The second-order valence-corrected chi connectivity index (χ2v) is 5.95. The Kier molecular flexibility index (Phi) is 3.86. The summed E-state index contributed by atoms with van der Waals surface area (Å²) in [4.78, 5) is 1.06. The number of thioether (sulfide) groups is 1. The van der Waals surface area contributed by atoms with E-state index in [0.29, 0.717) is 11.6 Å². The molecule has 0 bridgehead atoms. The van der Waals surface area contributed by atoms with Gasteiger partial charge < -0.3 is 14.2 Å². The lowest BCUT2D eigenvalue weighted by molar-refractivity contribution is 0.266. The van der Waals surface area contributed by atoms with Crippen molar-refractivity contribution in [3.8, 4) is 10.6 Å². The Labute approximate surface area is 123 Å². The number of rotatable bonds is 5. The number of thiophene rings is 1. The number of nitrogens with zero attached hydrogens (tertiary/aromatic N) is 4. The minimum absolute atomic E-state index is 0.115. The molecule has 3 aromatic heterocycles. The van der Waals surface area contributed by atoms with Crippen molar-refractivity contribution in [2.24, 2.45) is 7.05 Å². The molecule has 0 unspecified atom stereocenters. The highest BCUT2D eigenvalue weighted by molar-refractivity contribution is 7.98. The molecule has 20 heavy (non-hydrogen) atoms. The maximum absolute atomic E-state index is 9.07. The predicted molar refractivity (Wildman–Crippen MR) is 76.3 cm³/mol. The molecule has 0 aromatic carbocycles. The molecule has 0 radical (unpaired) electrons. The van der Waals surface area contributed by atoms with E-state index in [1.54, 1.807) is 15.9 Å². The summed E-state index contributed by atoms with van der Waals surface area (Å²) in [7, 11) is 1.83. The third kappa shape index (κ3) is 2.62. The van der Waals surface area contributed by atoms with Gasteiger partial charge in [-0.1, -0.05) is 23.0 Å². The number of aliphatic hydroxyl groups excluding tert-OH is 1. The lowest BCUT2D eigenvalue weighted by Crippen LogP contribution is -1.98. The van der Waals surface area contributed by atoms with E-state index in [4.69, 9.17) is 9.63 Å². The summed E-state index contributed by atoms with van der Waals surface area (Å²) in [6.07, 6.45) is 0. The predicted octanol–water partition coefficient (Wildman–Crippen LogP) is 2.32. The molecule has 0 aliphatic rings. The van der Waals surface area contributed by atoms with E-state index in [0.717, 1.165) is 21.5 Å². The summed E-state index contributed by atoms with van der Waals surface area (Å²) >= 11 is 3.12. The summed E-state index contributed by atoms with van der Waals surface area (Å²) in [5, 5.41) is 23.8. The van der Waals surface area contributed by atoms with E-state index in [1.807, 2.05) is 30.6 Å². The minimum Gasteiger partial charge on any atom is -0.388 e. The van der Waals surface area contributed by atoms with Crippen LogP contribution in [0, 0.1) is 0 Å². The Morgan fingerprint density at radius 3 is 3.05 bits per heavy atom. The first kappa shape index (κ1) is 13.3. The Hall–Kier alpha value is -1.64. The van der Waals surface area contributed by atoms with E-state index >= 15 is 0 Å². The summed E-state index contributed by atoms with van der Waals surface area (Å²) < 4.78 is 7.09. The van der Waals surface area contributed by atoms with Crippen molar-refractivity contribution >= 4 is 23.1 Å². The second kappa shape index (κ2) is 5.78. The molecule has 0 saturated heterocycles. The number of hydrogen-bond acceptors (Lipinski definition) is 7. The Morgan fingerprint density at radius 1 is 1.45 bits per heavy atom. The molecule has 0 spiro atoms. The molecule has 0 amide bonds. The normalized spacial score (nSPS) is 11.1. The van der Waals surface area contributed by atoms with Gasteiger partial charge in [0.15, 0.2) is 16.7 Å². The third-order valence-electron chi connectivity index (χ3n) is 2.74. The van der Waals surface area contributed by atoms with Crippen LogP contribution in [-0.4, -0.2) is 25.0 Å². The summed E-state index contributed by atoms with van der Waals surface area (Å²) in [5.41, 5.74) is 0.854. The Balaban J connectivity index is 1.68. The molecule has 0 atom stereocenters. The highest BCUT2D eigenvalue weighted by Gasteiger charge is 2.11. The Bertz CT molecular complexity index is 690. The van der Waals surface area contributed by atoms with Crippen molar-refractivity contribution in [2.75, 3.05) is 0 Å². The van der Waals surface area contributed by atoms with Crippen LogP contribution in [0.25, 0.3) is 10.6 Å². The average molecular weight is 308 g/mol. The van der Waals surface area contributed by atoms with Crippen LogP contribution >= 0.6 is 23.1 Å². The van der Waals surface area contributed by atoms with Crippen LogP contribution in [0.1, 0.15) is 11.5 Å². The molecule has 3 rings (SSSR count). The van der Waals surface area contributed by atoms with Gasteiger partial charge in [0.25, 0.3) is 0 Å². The van der Waals surface area contributed by atoms with E-state index in [2.05, 4.69) is 15.4 Å². The molecule has 0 fully saturated rings. The molecule has 0 aliphatic carbocycles. The molecular formula is C12H12N4O2S2. The molecule has 3 heterocycles. The van der Waals surface area contributed by atoms with Crippen molar-refractivity contribution < 1.29 is 9.63 Å². The van der Waals surface area contributed by atoms with Gasteiger partial charge in [0.2, 0.25) is 0 Å². The van der Waals surface area contributed by atoms with Gasteiger partial charge in [0.1, 0.15) is 6.61 Å². The van der Waals surface area contributed by atoms with Gasteiger partial charge in [-0.3, -0.25) is 0 Å². The fraction of sp³-hybridized carbons (Fsp3) is 0.250. The molecule has 3 aromatic rings. The molecule has 0 aliphatic heterocycles. The summed E-state index contributed by atoms with van der Waals surface area (Å²) in [6, 6.07) is 5.91. The standard InChI is InChI=1S/C12H12N4O2S2/c1-16-11(6-17)13-14-12(16)20-7-8-5-9(18-15-8)10-3-2-4-19-10/h2-5,17H,6-7H2,1H3. The van der Waals surface area contributed by atoms with Crippen LogP contribution in [0.3, 0.4) is 0 Å². The van der Waals surface area contributed by atoms with Crippen molar-refractivity contribution in [1.29, 1.82) is 0 Å². The highest BCUT2D eigenvalue weighted by Crippen LogP contribution is 2.27. The van der Waals surface area contributed by atoms with Crippen molar-refractivity contribution in [3.05, 3.63) is 35.1 Å². The summed E-state index contributed by atoms with van der Waals surface area (Å²) in [6.45, 7) is -0.115. The minimum atomic E-state index is -0.115. The van der Waals surface area contributed by atoms with Gasteiger partial charge in [0, 0.05) is 18.9 Å². The quantitative estimate of drug-likeness (QED) is 0.729. The van der Waals surface area contributed by atoms with E-state index < -0.39 is 0 Å². The Morgan fingerprint density at radius 2 is 2.35 bits per heavy atom. The molecule has 0 saturated carbocycles. The largest absolute Gasteiger partial charge is 0.388 e. The zero-order chi connectivity index (χ0) is 13.9. The van der Waals surface area contributed by atoms with Gasteiger partial charge in [-0.2, -0.15) is 0 Å². The number of aliphatic hydroxyl groups is 1. The zero-order valence-electron chi connectivity index (χ0n) is 10.7. The van der Waals surface area contributed by atoms with Crippen molar-refractivity contribution in [2.45, 2.75) is 17.5 Å². The first-order valence-electron chi connectivity index (χ1n) is 5.89. The zero-order valence-corrected chi connectivity index (χ0v) is 12.3. The lowest BCUT2D eigenvalue weighted by atomic mass is 10.3.